The fourth-order valence-electron chi connectivity index (χ4n) is 3.38. The lowest BCUT2D eigenvalue weighted by molar-refractivity contribution is -0.0778. The molecule has 2 N–H and O–H groups in total. The summed E-state index contributed by atoms with van der Waals surface area (Å²) >= 11 is 0. The monoisotopic (exact) mass is 263 g/mol. The number of benzene rings is 1. The summed E-state index contributed by atoms with van der Waals surface area (Å²) in [4.78, 5) is 2.12. The van der Waals surface area contributed by atoms with Gasteiger partial charge in [-0.2, -0.15) is 0 Å². The van der Waals surface area contributed by atoms with Crippen molar-refractivity contribution in [3.8, 4) is 5.75 Å². The average molecular weight is 263 g/mol. The van der Waals surface area contributed by atoms with Crippen LogP contribution in [0.15, 0.2) is 24.3 Å². The van der Waals surface area contributed by atoms with E-state index in [-0.39, 0.29) is 11.7 Å². The summed E-state index contributed by atoms with van der Waals surface area (Å²) in [6, 6.07) is 7.21. The lowest BCUT2D eigenvalue weighted by Crippen LogP contribution is -2.45. The fourth-order valence-corrected chi connectivity index (χ4v) is 3.38. The number of aromatic hydroxyl groups is 1. The Kier molecular flexibility index (Phi) is 4.16. The third-order valence-corrected chi connectivity index (χ3v) is 4.30. The summed E-state index contributed by atoms with van der Waals surface area (Å²) in [5.74, 6) is 0.873. The molecule has 0 spiro atoms. The van der Waals surface area contributed by atoms with E-state index in [0.717, 1.165) is 25.8 Å². The summed E-state index contributed by atoms with van der Waals surface area (Å²) in [6.07, 6.45) is 2.88. The third kappa shape index (κ3) is 2.93. The van der Waals surface area contributed by atoms with Crippen LogP contribution in [0.3, 0.4) is 0 Å². The summed E-state index contributed by atoms with van der Waals surface area (Å²) in [5.41, 5.74) is -0.221. The number of phenols is 1. The molecule has 1 aliphatic rings. The molecule has 0 amide bonds. The minimum Gasteiger partial charge on any atom is -0.508 e. The molecule has 0 heterocycles. The van der Waals surface area contributed by atoms with Gasteiger partial charge < -0.3 is 15.1 Å². The van der Waals surface area contributed by atoms with Crippen LogP contribution < -0.4 is 0 Å². The second-order valence-electron chi connectivity index (χ2n) is 6.29. The Labute approximate surface area is 115 Å². The van der Waals surface area contributed by atoms with Gasteiger partial charge in [-0.15, -0.1) is 0 Å². The maximum atomic E-state index is 11.2. The highest BCUT2D eigenvalue weighted by Crippen LogP contribution is 2.46. The predicted molar refractivity (Wildman–Crippen MR) is 77.1 cm³/mol. The molecule has 0 saturated heterocycles. The van der Waals surface area contributed by atoms with E-state index in [4.69, 9.17) is 0 Å². The van der Waals surface area contributed by atoms with Crippen LogP contribution in [-0.2, 0) is 5.60 Å². The third-order valence-electron chi connectivity index (χ3n) is 4.30. The quantitative estimate of drug-likeness (QED) is 0.881. The van der Waals surface area contributed by atoms with Gasteiger partial charge in [-0.3, -0.25) is 0 Å². The van der Waals surface area contributed by atoms with Crippen LogP contribution in [0, 0.1) is 11.8 Å². The zero-order chi connectivity index (χ0) is 14.0. The van der Waals surface area contributed by atoms with E-state index in [1.165, 1.54) is 0 Å². The average Bonchev–Trinajstić information content (AvgIpc) is 2.33. The van der Waals surface area contributed by atoms with E-state index in [0.29, 0.717) is 11.5 Å². The van der Waals surface area contributed by atoms with Crippen molar-refractivity contribution in [2.24, 2.45) is 11.8 Å². The Bertz CT molecular complexity index is 433. The smallest absolute Gasteiger partial charge is 0.121 e. The highest BCUT2D eigenvalue weighted by Gasteiger charge is 2.44. The minimum atomic E-state index is -0.909. The standard InChI is InChI=1S/C16H25NO2/c1-12-8-9-13(11-17(2)3)16(19,10-12)14-6-4-5-7-15(14)18/h4-7,12-13,18-19H,8-11H2,1-3H3. The largest absolute Gasteiger partial charge is 0.508 e. The number of rotatable bonds is 3. The number of phenolic OH excluding ortho intramolecular Hbond substituents is 1. The molecule has 0 aliphatic heterocycles. The highest BCUT2D eigenvalue weighted by atomic mass is 16.3. The molecule has 0 bridgehead atoms. The van der Waals surface area contributed by atoms with Gasteiger partial charge in [0.2, 0.25) is 0 Å². The zero-order valence-electron chi connectivity index (χ0n) is 12.1. The molecular formula is C16H25NO2. The van der Waals surface area contributed by atoms with Crippen molar-refractivity contribution in [2.45, 2.75) is 31.8 Å². The van der Waals surface area contributed by atoms with Gasteiger partial charge >= 0.3 is 0 Å². The predicted octanol–water partition coefficient (Wildman–Crippen LogP) is 2.58. The Hall–Kier alpha value is -1.06. The van der Waals surface area contributed by atoms with Crippen molar-refractivity contribution in [3.05, 3.63) is 29.8 Å². The maximum absolute atomic E-state index is 11.2. The van der Waals surface area contributed by atoms with Gasteiger partial charge in [-0.1, -0.05) is 31.5 Å². The van der Waals surface area contributed by atoms with Crippen LogP contribution >= 0.6 is 0 Å². The van der Waals surface area contributed by atoms with Crippen molar-refractivity contribution >= 4 is 0 Å². The molecule has 1 aromatic rings. The van der Waals surface area contributed by atoms with Gasteiger partial charge in [0, 0.05) is 18.0 Å². The molecular weight excluding hydrogens is 238 g/mol. The SMILES string of the molecule is CC1CCC(CN(C)C)C(O)(c2ccccc2O)C1. The lowest BCUT2D eigenvalue weighted by Gasteiger charge is -2.44. The van der Waals surface area contributed by atoms with Crippen molar-refractivity contribution in [3.63, 3.8) is 0 Å². The summed E-state index contributed by atoms with van der Waals surface area (Å²) in [6.45, 7) is 3.02. The van der Waals surface area contributed by atoms with Crippen molar-refractivity contribution < 1.29 is 10.2 Å². The summed E-state index contributed by atoms with van der Waals surface area (Å²) in [7, 11) is 4.06. The Morgan fingerprint density at radius 3 is 2.58 bits per heavy atom. The molecule has 2 rings (SSSR count). The first-order chi connectivity index (χ1) is 8.93. The summed E-state index contributed by atoms with van der Waals surface area (Å²) in [5, 5.41) is 21.3. The van der Waals surface area contributed by atoms with Gasteiger partial charge in [0.05, 0.1) is 5.60 Å². The van der Waals surface area contributed by atoms with E-state index in [1.807, 2.05) is 26.2 Å². The van der Waals surface area contributed by atoms with Crippen LogP contribution in [0.1, 0.15) is 31.7 Å². The van der Waals surface area contributed by atoms with E-state index in [1.54, 1.807) is 12.1 Å². The fraction of sp³-hybridized carbons (Fsp3) is 0.625. The molecule has 1 fully saturated rings. The van der Waals surface area contributed by atoms with Crippen LogP contribution in [0.25, 0.3) is 0 Å². The Morgan fingerprint density at radius 1 is 1.26 bits per heavy atom. The Balaban J connectivity index is 2.36. The van der Waals surface area contributed by atoms with E-state index < -0.39 is 5.60 Å². The number of aliphatic hydroxyl groups is 1. The van der Waals surface area contributed by atoms with Crippen LogP contribution in [0.2, 0.25) is 0 Å². The molecule has 0 radical (unpaired) electrons. The maximum Gasteiger partial charge on any atom is 0.121 e. The second kappa shape index (κ2) is 5.51. The first kappa shape index (κ1) is 14.4. The molecule has 1 aliphatic carbocycles. The molecule has 3 heteroatoms. The van der Waals surface area contributed by atoms with Crippen LogP contribution in [0.4, 0.5) is 0 Å². The number of hydrogen-bond acceptors (Lipinski definition) is 3. The first-order valence-corrected chi connectivity index (χ1v) is 7.09. The topological polar surface area (TPSA) is 43.7 Å². The molecule has 0 aromatic heterocycles. The highest BCUT2D eigenvalue weighted by molar-refractivity contribution is 5.37. The van der Waals surface area contributed by atoms with Gasteiger partial charge in [-0.25, -0.2) is 0 Å². The Morgan fingerprint density at radius 2 is 1.95 bits per heavy atom. The van der Waals surface area contributed by atoms with Crippen molar-refractivity contribution in [1.29, 1.82) is 0 Å². The van der Waals surface area contributed by atoms with E-state index in [9.17, 15) is 10.2 Å². The van der Waals surface area contributed by atoms with Gasteiger partial charge in [0.1, 0.15) is 5.75 Å². The van der Waals surface area contributed by atoms with Gasteiger partial charge in [-0.05, 0) is 38.9 Å². The zero-order valence-corrected chi connectivity index (χ0v) is 12.1. The molecule has 3 atom stereocenters. The van der Waals surface area contributed by atoms with Crippen molar-refractivity contribution in [1.82, 2.24) is 4.90 Å². The number of para-hydroxylation sites is 1. The summed E-state index contributed by atoms with van der Waals surface area (Å²) < 4.78 is 0. The molecule has 3 unspecified atom stereocenters. The van der Waals surface area contributed by atoms with E-state index >= 15 is 0 Å². The van der Waals surface area contributed by atoms with E-state index in [2.05, 4.69) is 11.8 Å². The van der Waals surface area contributed by atoms with Crippen LogP contribution in [-0.4, -0.2) is 35.8 Å². The molecule has 1 aromatic carbocycles. The van der Waals surface area contributed by atoms with Gasteiger partial charge in [0.15, 0.2) is 0 Å². The van der Waals surface area contributed by atoms with Crippen LogP contribution in [0.5, 0.6) is 5.75 Å². The number of hydrogen-bond donors (Lipinski definition) is 2. The normalized spacial score (nSPS) is 31.6. The first-order valence-electron chi connectivity index (χ1n) is 7.09. The van der Waals surface area contributed by atoms with Gasteiger partial charge in [0.25, 0.3) is 0 Å². The molecule has 19 heavy (non-hydrogen) atoms. The molecule has 1 saturated carbocycles. The minimum absolute atomic E-state index is 0.173. The molecule has 3 nitrogen and oxygen atoms in total. The second-order valence-corrected chi connectivity index (χ2v) is 6.29. The lowest BCUT2D eigenvalue weighted by atomic mass is 9.67. The van der Waals surface area contributed by atoms with Crippen molar-refractivity contribution in [2.75, 3.05) is 20.6 Å². The molecule has 106 valence electrons. The number of nitrogens with zero attached hydrogens (tertiary/aromatic N) is 1.